The molecular formula is C30H27BrN4O4S. The van der Waals surface area contributed by atoms with Crippen LogP contribution in [0.4, 0.5) is 0 Å². The van der Waals surface area contributed by atoms with E-state index >= 15 is 0 Å². The number of aliphatic imine (C=N–C) groups is 1. The molecule has 0 fully saturated rings. The summed E-state index contributed by atoms with van der Waals surface area (Å²) in [6.07, 6.45) is 1.62. The van der Waals surface area contributed by atoms with Crippen LogP contribution in [0.1, 0.15) is 29.2 Å². The molecule has 2 heterocycles. The summed E-state index contributed by atoms with van der Waals surface area (Å²) in [7, 11) is 0. The van der Waals surface area contributed by atoms with E-state index in [0.717, 1.165) is 22.4 Å². The molecular weight excluding hydrogens is 592 g/mol. The topological polar surface area (TPSA) is 96.6 Å². The number of fused-ring (bicyclic) bond motifs is 1. The quantitative estimate of drug-likeness (QED) is 0.215. The van der Waals surface area contributed by atoms with Crippen molar-refractivity contribution in [2.24, 2.45) is 10.1 Å². The fraction of sp³-hybridized carbons (Fsp3) is 0.200. The summed E-state index contributed by atoms with van der Waals surface area (Å²) in [6.45, 7) is 7.00. The average molecular weight is 620 g/mol. The van der Waals surface area contributed by atoms with Gasteiger partial charge in [0.25, 0.3) is 5.91 Å². The van der Waals surface area contributed by atoms with Crippen LogP contribution in [-0.2, 0) is 4.79 Å². The van der Waals surface area contributed by atoms with Crippen molar-refractivity contribution in [2.45, 2.75) is 20.8 Å². The molecule has 0 atom stereocenters. The first-order valence-electron chi connectivity index (χ1n) is 12.7. The van der Waals surface area contributed by atoms with Crippen molar-refractivity contribution < 1.29 is 19.0 Å². The predicted molar refractivity (Wildman–Crippen MR) is 163 cm³/mol. The van der Waals surface area contributed by atoms with Gasteiger partial charge in [-0.2, -0.15) is 15.1 Å². The zero-order chi connectivity index (χ0) is 28.2. The van der Waals surface area contributed by atoms with E-state index in [1.165, 1.54) is 16.8 Å². The summed E-state index contributed by atoms with van der Waals surface area (Å²) >= 11 is 4.85. The minimum absolute atomic E-state index is 0.0349. The number of amides is 1. The molecule has 2 aliphatic rings. The number of hydrogen-bond acceptors (Lipinski definition) is 7. The van der Waals surface area contributed by atoms with E-state index in [2.05, 4.69) is 26.0 Å². The molecule has 0 radical (unpaired) electrons. The molecule has 0 spiro atoms. The number of thioether (sulfide) groups is 1. The van der Waals surface area contributed by atoms with Crippen LogP contribution >= 0.6 is 27.7 Å². The number of hydrazone groups is 1. The molecule has 8 nitrogen and oxygen atoms in total. The highest BCUT2D eigenvalue weighted by atomic mass is 79.9. The highest BCUT2D eigenvalue weighted by molar-refractivity contribution is 9.10. The fourth-order valence-corrected chi connectivity index (χ4v) is 5.52. The monoisotopic (exact) mass is 618 g/mol. The highest BCUT2D eigenvalue weighted by Crippen LogP contribution is 2.38. The van der Waals surface area contributed by atoms with Crippen molar-refractivity contribution in [1.29, 1.82) is 5.41 Å². The number of nitrogens with one attached hydrogen (secondary N) is 1. The van der Waals surface area contributed by atoms with E-state index < -0.39 is 5.91 Å². The smallest absolute Gasteiger partial charge is 0.283 e. The number of carbonyl (C=O) groups excluding carboxylic acids is 1. The van der Waals surface area contributed by atoms with E-state index in [-0.39, 0.29) is 11.4 Å². The molecule has 0 bridgehead atoms. The number of nitrogens with zero attached hydrogens (tertiary/aromatic N) is 3. The lowest BCUT2D eigenvalue weighted by molar-refractivity contribution is -0.114. The maximum atomic E-state index is 12.9. The van der Waals surface area contributed by atoms with Crippen LogP contribution in [0.3, 0.4) is 0 Å². The fourth-order valence-electron chi connectivity index (χ4n) is 4.05. The lowest BCUT2D eigenvalue weighted by Crippen LogP contribution is -2.35. The van der Waals surface area contributed by atoms with Crippen LogP contribution in [0.5, 0.6) is 17.2 Å². The van der Waals surface area contributed by atoms with Gasteiger partial charge in [-0.25, -0.2) is 0 Å². The number of amidine groups is 2. The molecule has 0 unspecified atom stereocenters. The first kappa shape index (κ1) is 27.7. The molecule has 0 saturated carbocycles. The first-order chi connectivity index (χ1) is 19.3. The minimum Gasteiger partial charge on any atom is -0.490 e. The molecule has 10 heteroatoms. The van der Waals surface area contributed by atoms with Crippen LogP contribution in [0, 0.1) is 19.3 Å². The van der Waals surface area contributed by atoms with Crippen molar-refractivity contribution in [1.82, 2.24) is 5.01 Å². The van der Waals surface area contributed by atoms with Gasteiger partial charge in [0.1, 0.15) is 24.0 Å². The van der Waals surface area contributed by atoms with Crippen LogP contribution in [-0.4, -0.2) is 46.8 Å². The van der Waals surface area contributed by atoms with Crippen LogP contribution in [0.2, 0.25) is 0 Å². The number of ether oxygens (including phenoxy) is 3. The van der Waals surface area contributed by atoms with Gasteiger partial charge in [-0.05, 0) is 89.9 Å². The number of halogens is 1. The van der Waals surface area contributed by atoms with Crippen molar-refractivity contribution in [3.63, 3.8) is 0 Å². The standard InChI is InChI=1S/C30H27BrN4O4S/c1-4-37-25-17-20(16-24(31)26(25)39-13-12-38-22-7-5-6-19(3)14-22)15-23-27(32)35-30(33-28(23)36)40-29(34-35)21-10-8-18(2)9-11-21/h5-11,14-17,32H,4,12-13H2,1-3H3/b23-15-,32-27?. The molecule has 204 valence electrons. The SMILES string of the molecule is CCOc1cc(/C=C2/C(=N)N3N=C(c4ccc(C)cc4)SC3=NC2=O)cc(Br)c1OCCOc1cccc(C)c1. The van der Waals surface area contributed by atoms with Crippen molar-refractivity contribution in [3.8, 4) is 17.2 Å². The third-order valence-electron chi connectivity index (χ3n) is 5.98. The van der Waals surface area contributed by atoms with Gasteiger partial charge < -0.3 is 14.2 Å². The van der Waals surface area contributed by atoms with Gasteiger partial charge >= 0.3 is 0 Å². The maximum absolute atomic E-state index is 12.9. The largest absolute Gasteiger partial charge is 0.490 e. The first-order valence-corrected chi connectivity index (χ1v) is 14.3. The van der Waals surface area contributed by atoms with Gasteiger partial charge in [0.15, 0.2) is 17.3 Å². The molecule has 2 aliphatic heterocycles. The molecule has 3 aromatic rings. The predicted octanol–water partition coefficient (Wildman–Crippen LogP) is 6.59. The van der Waals surface area contributed by atoms with E-state index in [9.17, 15) is 4.79 Å². The Kier molecular flexibility index (Phi) is 8.37. The van der Waals surface area contributed by atoms with Gasteiger partial charge in [-0.15, -0.1) is 0 Å². The number of carbonyl (C=O) groups is 1. The normalized spacial score (nSPS) is 15.6. The Hall–Kier alpha value is -3.89. The van der Waals surface area contributed by atoms with Crippen LogP contribution in [0.15, 0.2) is 80.8 Å². The number of hydrogen-bond donors (Lipinski definition) is 1. The Morgan fingerprint density at radius 2 is 1.77 bits per heavy atom. The summed E-state index contributed by atoms with van der Waals surface area (Å²) in [5, 5.41) is 15.7. The Bertz CT molecular complexity index is 1570. The molecule has 40 heavy (non-hydrogen) atoms. The van der Waals surface area contributed by atoms with E-state index in [1.54, 1.807) is 12.1 Å². The minimum atomic E-state index is -0.494. The third-order valence-corrected chi connectivity index (χ3v) is 7.53. The highest BCUT2D eigenvalue weighted by Gasteiger charge is 2.36. The van der Waals surface area contributed by atoms with E-state index in [4.69, 9.17) is 19.6 Å². The summed E-state index contributed by atoms with van der Waals surface area (Å²) in [5.74, 6) is 1.30. The molecule has 0 aromatic heterocycles. The number of aryl methyl sites for hydroxylation is 2. The Labute approximate surface area is 245 Å². The summed E-state index contributed by atoms with van der Waals surface area (Å²) in [6, 6.07) is 19.3. The Morgan fingerprint density at radius 1 is 1.00 bits per heavy atom. The number of rotatable bonds is 9. The second-order valence-corrected chi connectivity index (χ2v) is 10.9. The molecule has 0 aliphatic carbocycles. The zero-order valence-electron chi connectivity index (χ0n) is 22.2. The number of benzene rings is 3. The summed E-state index contributed by atoms with van der Waals surface area (Å²) in [4.78, 5) is 17.2. The van der Waals surface area contributed by atoms with Crippen molar-refractivity contribution >= 4 is 55.7 Å². The summed E-state index contributed by atoms with van der Waals surface area (Å²) in [5.41, 5.74) is 3.95. The Morgan fingerprint density at radius 3 is 2.52 bits per heavy atom. The zero-order valence-corrected chi connectivity index (χ0v) is 24.6. The molecule has 3 aromatic carbocycles. The average Bonchev–Trinajstić information content (AvgIpc) is 3.35. The second kappa shape index (κ2) is 12.1. The Balaban J connectivity index is 1.34. The third kappa shape index (κ3) is 6.13. The van der Waals surface area contributed by atoms with Crippen molar-refractivity contribution in [2.75, 3.05) is 19.8 Å². The molecule has 5 rings (SSSR count). The maximum Gasteiger partial charge on any atom is 0.283 e. The van der Waals surface area contributed by atoms with Gasteiger partial charge in [0.2, 0.25) is 5.17 Å². The van der Waals surface area contributed by atoms with Crippen LogP contribution in [0.25, 0.3) is 6.08 Å². The summed E-state index contributed by atoms with van der Waals surface area (Å²) < 4.78 is 18.3. The second-order valence-electron chi connectivity index (χ2n) is 9.07. The molecule has 0 saturated heterocycles. The lowest BCUT2D eigenvalue weighted by Gasteiger charge is -2.20. The van der Waals surface area contributed by atoms with Gasteiger partial charge in [-0.3, -0.25) is 10.2 Å². The van der Waals surface area contributed by atoms with Gasteiger partial charge in [0, 0.05) is 5.56 Å². The molecule has 1 N–H and O–H groups in total. The van der Waals surface area contributed by atoms with E-state index in [0.29, 0.717) is 51.6 Å². The van der Waals surface area contributed by atoms with E-state index in [1.807, 2.05) is 75.4 Å². The van der Waals surface area contributed by atoms with Crippen LogP contribution < -0.4 is 14.2 Å². The van der Waals surface area contributed by atoms with Crippen molar-refractivity contribution in [3.05, 3.63) is 93.0 Å². The van der Waals surface area contributed by atoms with Gasteiger partial charge in [0.05, 0.1) is 16.7 Å². The van der Waals surface area contributed by atoms with Gasteiger partial charge in [-0.1, -0.05) is 42.0 Å². The molecule has 1 amide bonds. The lowest BCUT2D eigenvalue weighted by atomic mass is 10.1.